The van der Waals surface area contributed by atoms with Crippen molar-refractivity contribution in [1.82, 2.24) is 15.7 Å². The zero-order chi connectivity index (χ0) is 12.5. The van der Waals surface area contributed by atoms with E-state index in [9.17, 15) is 0 Å². The first-order chi connectivity index (χ1) is 8.24. The molecule has 0 atom stereocenters. The van der Waals surface area contributed by atoms with Crippen LogP contribution in [0.25, 0.3) is 0 Å². The molecule has 0 radical (unpaired) electrons. The van der Waals surface area contributed by atoms with Crippen molar-refractivity contribution in [3.63, 3.8) is 0 Å². The standard InChI is InChI=1S/C12H18N4S/c1-3-4-7-14-12(17)16-15-10(2)11-5-8-13-9-6-11/h5-6,8-9H,3-4,7H2,1-2H3,(H2,14,16,17)/b15-10-. The molecule has 1 aromatic rings. The third-order valence-corrected chi connectivity index (χ3v) is 2.47. The van der Waals surface area contributed by atoms with E-state index in [1.165, 1.54) is 0 Å². The van der Waals surface area contributed by atoms with Gasteiger partial charge in [-0.1, -0.05) is 13.3 Å². The molecule has 17 heavy (non-hydrogen) atoms. The van der Waals surface area contributed by atoms with Gasteiger partial charge in [0.15, 0.2) is 5.11 Å². The Morgan fingerprint density at radius 3 is 2.76 bits per heavy atom. The number of pyridine rings is 1. The highest BCUT2D eigenvalue weighted by molar-refractivity contribution is 7.80. The highest BCUT2D eigenvalue weighted by atomic mass is 32.1. The predicted molar refractivity (Wildman–Crippen MR) is 75.1 cm³/mol. The molecular formula is C12H18N4S. The van der Waals surface area contributed by atoms with Gasteiger partial charge in [-0.2, -0.15) is 5.10 Å². The Balaban J connectivity index is 2.40. The molecule has 0 aliphatic rings. The lowest BCUT2D eigenvalue weighted by Crippen LogP contribution is -2.33. The summed E-state index contributed by atoms with van der Waals surface area (Å²) in [5.74, 6) is 0. The first kappa shape index (κ1) is 13.6. The Morgan fingerprint density at radius 2 is 2.12 bits per heavy atom. The topological polar surface area (TPSA) is 49.3 Å². The molecule has 1 rings (SSSR count). The van der Waals surface area contributed by atoms with Gasteiger partial charge in [0.25, 0.3) is 0 Å². The maximum absolute atomic E-state index is 5.09. The fourth-order valence-corrected chi connectivity index (χ4v) is 1.36. The molecule has 0 amide bonds. The average Bonchev–Trinajstić information content (AvgIpc) is 2.37. The minimum Gasteiger partial charge on any atom is -0.361 e. The first-order valence-electron chi connectivity index (χ1n) is 5.72. The van der Waals surface area contributed by atoms with Gasteiger partial charge < -0.3 is 5.32 Å². The second kappa shape index (κ2) is 7.73. The quantitative estimate of drug-likeness (QED) is 0.363. The van der Waals surface area contributed by atoms with Crippen LogP contribution in [0, 0.1) is 0 Å². The number of rotatable bonds is 5. The van der Waals surface area contributed by atoms with Gasteiger partial charge in [0.05, 0.1) is 5.71 Å². The summed E-state index contributed by atoms with van der Waals surface area (Å²) in [5, 5.41) is 7.86. The van der Waals surface area contributed by atoms with Crippen molar-refractivity contribution in [3.05, 3.63) is 30.1 Å². The number of aromatic nitrogens is 1. The summed E-state index contributed by atoms with van der Waals surface area (Å²) in [7, 11) is 0. The van der Waals surface area contributed by atoms with Gasteiger partial charge >= 0.3 is 0 Å². The molecule has 0 spiro atoms. The molecule has 92 valence electrons. The molecule has 0 saturated carbocycles. The van der Waals surface area contributed by atoms with Crippen LogP contribution >= 0.6 is 12.2 Å². The van der Waals surface area contributed by atoms with Gasteiger partial charge in [-0.05, 0) is 37.7 Å². The van der Waals surface area contributed by atoms with Crippen LogP contribution in [-0.2, 0) is 0 Å². The van der Waals surface area contributed by atoms with E-state index in [1.54, 1.807) is 12.4 Å². The van der Waals surface area contributed by atoms with Crippen molar-refractivity contribution < 1.29 is 0 Å². The molecule has 0 aromatic carbocycles. The lowest BCUT2D eigenvalue weighted by atomic mass is 10.2. The SMILES string of the molecule is CCCCNC(=S)N/N=C(/C)c1ccncc1. The number of hydrogen-bond donors (Lipinski definition) is 2. The Labute approximate surface area is 108 Å². The Morgan fingerprint density at radius 1 is 1.41 bits per heavy atom. The molecule has 0 saturated heterocycles. The molecule has 0 fully saturated rings. The van der Waals surface area contributed by atoms with Gasteiger partial charge in [-0.25, -0.2) is 0 Å². The highest BCUT2D eigenvalue weighted by Gasteiger charge is 1.96. The van der Waals surface area contributed by atoms with Gasteiger partial charge in [-0.3, -0.25) is 10.4 Å². The van der Waals surface area contributed by atoms with Gasteiger partial charge in [0.1, 0.15) is 0 Å². The maximum atomic E-state index is 5.09. The zero-order valence-corrected chi connectivity index (χ0v) is 11.0. The minimum absolute atomic E-state index is 0.562. The third kappa shape index (κ3) is 5.40. The molecular weight excluding hydrogens is 232 g/mol. The van der Waals surface area contributed by atoms with Crippen LogP contribution in [0.5, 0.6) is 0 Å². The lowest BCUT2D eigenvalue weighted by Gasteiger charge is -2.07. The summed E-state index contributed by atoms with van der Waals surface area (Å²) in [5.41, 5.74) is 4.74. The smallest absolute Gasteiger partial charge is 0.186 e. The normalized spacial score (nSPS) is 11.1. The molecule has 4 nitrogen and oxygen atoms in total. The maximum Gasteiger partial charge on any atom is 0.186 e. The number of hydrazone groups is 1. The fourth-order valence-electron chi connectivity index (χ4n) is 1.21. The van der Waals surface area contributed by atoms with Crippen molar-refractivity contribution >= 4 is 23.0 Å². The number of nitrogens with zero attached hydrogens (tertiary/aromatic N) is 2. The van der Waals surface area contributed by atoms with Crippen molar-refractivity contribution in [2.75, 3.05) is 6.54 Å². The van der Waals surface area contributed by atoms with Crippen LogP contribution in [-0.4, -0.2) is 22.4 Å². The number of thiocarbonyl (C=S) groups is 1. The molecule has 2 N–H and O–H groups in total. The number of nitrogens with one attached hydrogen (secondary N) is 2. The van der Waals surface area contributed by atoms with Crippen LogP contribution in [0.2, 0.25) is 0 Å². The van der Waals surface area contributed by atoms with E-state index in [0.29, 0.717) is 5.11 Å². The Hall–Kier alpha value is -1.49. The summed E-state index contributed by atoms with van der Waals surface area (Å²) in [6.07, 6.45) is 5.74. The van der Waals surface area contributed by atoms with E-state index in [0.717, 1.165) is 30.7 Å². The Bertz CT molecular complexity index is 375. The first-order valence-corrected chi connectivity index (χ1v) is 6.13. The highest BCUT2D eigenvalue weighted by Crippen LogP contribution is 1.97. The van der Waals surface area contributed by atoms with Gasteiger partial charge in [0.2, 0.25) is 0 Å². The molecule has 0 bridgehead atoms. The van der Waals surface area contributed by atoms with Gasteiger partial charge in [0, 0.05) is 24.5 Å². The van der Waals surface area contributed by atoms with Crippen molar-refractivity contribution in [2.45, 2.75) is 26.7 Å². The van der Waals surface area contributed by atoms with Crippen molar-refractivity contribution in [2.24, 2.45) is 5.10 Å². The number of hydrogen-bond acceptors (Lipinski definition) is 3. The lowest BCUT2D eigenvalue weighted by molar-refractivity contribution is 0.745. The van der Waals surface area contributed by atoms with Gasteiger partial charge in [-0.15, -0.1) is 0 Å². The molecule has 0 aliphatic carbocycles. The second-order valence-electron chi connectivity index (χ2n) is 3.65. The number of unbranched alkanes of at least 4 members (excludes halogenated alkanes) is 1. The van der Waals surface area contributed by atoms with Crippen LogP contribution < -0.4 is 10.7 Å². The summed E-state index contributed by atoms with van der Waals surface area (Å²) >= 11 is 5.09. The largest absolute Gasteiger partial charge is 0.361 e. The molecule has 1 aromatic heterocycles. The average molecular weight is 250 g/mol. The molecule has 0 unspecified atom stereocenters. The van der Waals surface area contributed by atoms with Crippen LogP contribution in [0.3, 0.4) is 0 Å². The van der Waals surface area contributed by atoms with E-state index >= 15 is 0 Å². The summed E-state index contributed by atoms with van der Waals surface area (Å²) in [6.45, 7) is 4.95. The van der Waals surface area contributed by atoms with E-state index in [2.05, 4.69) is 27.8 Å². The van der Waals surface area contributed by atoms with E-state index < -0.39 is 0 Å². The molecule has 0 aliphatic heterocycles. The van der Waals surface area contributed by atoms with Crippen LogP contribution in [0.4, 0.5) is 0 Å². The van der Waals surface area contributed by atoms with Crippen molar-refractivity contribution in [3.8, 4) is 0 Å². The van der Waals surface area contributed by atoms with E-state index in [1.807, 2.05) is 19.1 Å². The molecule has 5 heteroatoms. The van der Waals surface area contributed by atoms with E-state index in [4.69, 9.17) is 12.2 Å². The van der Waals surface area contributed by atoms with Crippen LogP contribution in [0.15, 0.2) is 29.6 Å². The molecule has 1 heterocycles. The Kier molecular flexibility index (Phi) is 6.17. The van der Waals surface area contributed by atoms with Crippen molar-refractivity contribution in [1.29, 1.82) is 0 Å². The summed E-state index contributed by atoms with van der Waals surface area (Å²) in [6, 6.07) is 3.82. The monoisotopic (exact) mass is 250 g/mol. The summed E-state index contributed by atoms with van der Waals surface area (Å²) < 4.78 is 0. The van der Waals surface area contributed by atoms with E-state index in [-0.39, 0.29) is 0 Å². The minimum atomic E-state index is 0.562. The zero-order valence-electron chi connectivity index (χ0n) is 10.2. The second-order valence-corrected chi connectivity index (χ2v) is 4.06. The predicted octanol–water partition coefficient (Wildman–Crippen LogP) is 2.07. The summed E-state index contributed by atoms with van der Waals surface area (Å²) in [4.78, 5) is 3.96. The third-order valence-electron chi connectivity index (χ3n) is 2.24. The fraction of sp³-hybridized carbons (Fsp3) is 0.417. The van der Waals surface area contributed by atoms with Crippen LogP contribution in [0.1, 0.15) is 32.3 Å².